The fourth-order valence-corrected chi connectivity index (χ4v) is 5.44. The zero-order chi connectivity index (χ0) is 32.5. The molecule has 0 aliphatic rings. The van der Waals surface area contributed by atoms with E-state index in [1.165, 1.54) is 24.3 Å². The highest BCUT2D eigenvalue weighted by molar-refractivity contribution is 7.92. The summed E-state index contributed by atoms with van der Waals surface area (Å²) in [6.07, 6.45) is 2.18. The van der Waals surface area contributed by atoms with E-state index in [0.717, 1.165) is 11.3 Å². The number of carbonyl (C=O) groups is 1. The number of nitrogens with zero attached hydrogens (tertiary/aromatic N) is 1. The van der Waals surface area contributed by atoms with E-state index < -0.39 is 15.9 Å². The molecular formula is C34H39N3O7S. The first kappa shape index (κ1) is 33.3. The number of nitrogens with one attached hydrogen (secondary N) is 2. The number of pyridine rings is 1. The van der Waals surface area contributed by atoms with E-state index in [2.05, 4.69) is 15.0 Å². The highest BCUT2D eigenvalue weighted by Crippen LogP contribution is 2.43. The summed E-state index contributed by atoms with van der Waals surface area (Å²) in [6.45, 7) is 8.17. The van der Waals surface area contributed by atoms with Gasteiger partial charge in [-0.05, 0) is 66.4 Å². The molecule has 0 aliphatic carbocycles. The first-order valence-electron chi connectivity index (χ1n) is 14.6. The van der Waals surface area contributed by atoms with Crippen molar-refractivity contribution in [2.24, 2.45) is 0 Å². The average Bonchev–Trinajstić information content (AvgIpc) is 3.02. The van der Waals surface area contributed by atoms with Crippen LogP contribution in [-0.4, -0.2) is 50.8 Å². The van der Waals surface area contributed by atoms with Crippen molar-refractivity contribution >= 4 is 21.6 Å². The highest BCUT2D eigenvalue weighted by Gasteiger charge is 2.25. The number of aliphatic hydroxyl groups is 1. The highest BCUT2D eigenvalue weighted by atomic mass is 32.2. The maximum absolute atomic E-state index is 13.7. The van der Waals surface area contributed by atoms with E-state index in [9.17, 15) is 18.3 Å². The van der Waals surface area contributed by atoms with Gasteiger partial charge < -0.3 is 24.6 Å². The molecule has 4 rings (SSSR count). The molecule has 0 aliphatic heterocycles. The Bertz CT molecular complexity index is 1690. The predicted molar refractivity (Wildman–Crippen MR) is 173 cm³/mol. The van der Waals surface area contributed by atoms with Crippen molar-refractivity contribution in [3.8, 4) is 23.0 Å². The smallest absolute Gasteiger partial charge is 0.262 e. The van der Waals surface area contributed by atoms with Crippen LogP contribution in [0.5, 0.6) is 23.0 Å². The predicted octanol–water partition coefficient (Wildman–Crippen LogP) is 5.71. The van der Waals surface area contributed by atoms with Crippen LogP contribution in [0.25, 0.3) is 0 Å². The van der Waals surface area contributed by atoms with Crippen molar-refractivity contribution < 1.29 is 32.5 Å². The number of benzene rings is 3. The summed E-state index contributed by atoms with van der Waals surface area (Å²) in [5.74, 6) is 0.312. The van der Waals surface area contributed by atoms with Gasteiger partial charge >= 0.3 is 0 Å². The lowest BCUT2D eigenvalue weighted by Crippen LogP contribution is -2.26. The zero-order valence-corrected chi connectivity index (χ0v) is 26.7. The van der Waals surface area contributed by atoms with Crippen LogP contribution in [0.15, 0.2) is 90.0 Å². The summed E-state index contributed by atoms with van der Waals surface area (Å²) in [5.41, 5.74) is 1.71. The molecule has 0 atom stereocenters. The van der Waals surface area contributed by atoms with Crippen LogP contribution < -0.4 is 24.2 Å². The molecular weight excluding hydrogens is 594 g/mol. The number of amides is 1. The topological polar surface area (TPSA) is 136 Å². The van der Waals surface area contributed by atoms with Gasteiger partial charge in [-0.25, -0.2) is 8.42 Å². The number of sulfonamides is 1. The Labute approximate surface area is 264 Å². The summed E-state index contributed by atoms with van der Waals surface area (Å²) >= 11 is 0. The minimum atomic E-state index is -4.15. The maximum atomic E-state index is 13.7. The van der Waals surface area contributed by atoms with Crippen LogP contribution in [0.1, 0.15) is 49.3 Å². The van der Waals surface area contributed by atoms with Gasteiger partial charge in [-0.15, -0.1) is 0 Å². The summed E-state index contributed by atoms with van der Waals surface area (Å²) < 4.78 is 47.7. The summed E-state index contributed by atoms with van der Waals surface area (Å²) in [7, 11) is -4.15. The van der Waals surface area contributed by atoms with Crippen LogP contribution >= 0.6 is 0 Å². The van der Waals surface area contributed by atoms with Crippen molar-refractivity contribution in [1.29, 1.82) is 0 Å². The Morgan fingerprint density at radius 1 is 0.911 bits per heavy atom. The van der Waals surface area contributed by atoms with Crippen molar-refractivity contribution in [1.82, 2.24) is 10.3 Å². The average molecular weight is 634 g/mol. The van der Waals surface area contributed by atoms with E-state index in [4.69, 9.17) is 14.2 Å². The number of hydrogen-bond donors (Lipinski definition) is 3. The number of carbonyl (C=O) groups excluding carboxylic acids is 1. The Morgan fingerprint density at radius 3 is 2.27 bits per heavy atom. The molecule has 1 amide bonds. The fraction of sp³-hybridized carbons (Fsp3) is 0.294. The quantitative estimate of drug-likeness (QED) is 0.161. The Morgan fingerprint density at radius 2 is 1.62 bits per heavy atom. The van der Waals surface area contributed by atoms with Crippen LogP contribution in [0.3, 0.4) is 0 Å². The van der Waals surface area contributed by atoms with Gasteiger partial charge in [-0.2, -0.15) is 0 Å². The molecule has 10 nitrogen and oxygen atoms in total. The minimum absolute atomic E-state index is 0.00414. The van der Waals surface area contributed by atoms with Crippen molar-refractivity contribution in [3.63, 3.8) is 0 Å². The summed E-state index contributed by atoms with van der Waals surface area (Å²) in [6, 6.07) is 21.9. The number of hydrogen-bond acceptors (Lipinski definition) is 8. The second-order valence-corrected chi connectivity index (χ2v) is 12.8. The number of aliphatic hydroxyl groups excluding tert-OH is 1. The van der Waals surface area contributed by atoms with Crippen LogP contribution in [0.2, 0.25) is 0 Å². The van der Waals surface area contributed by atoms with Gasteiger partial charge in [0, 0.05) is 30.4 Å². The van der Waals surface area contributed by atoms with Gasteiger partial charge in [0.05, 0.1) is 23.8 Å². The lowest BCUT2D eigenvalue weighted by atomic mass is 9.87. The SMILES string of the molecule is CCOc1ccccc1Oc1c(NS(=O)(=O)c2ccc(C(C)(C)C)cc2)cc(C(=O)NCCc2ccccn2)cc1OCCO. The third-order valence-corrected chi connectivity index (χ3v) is 8.08. The third-order valence-electron chi connectivity index (χ3n) is 6.69. The molecule has 4 aromatic rings. The molecule has 0 fully saturated rings. The molecule has 1 aromatic heterocycles. The van der Waals surface area contributed by atoms with Gasteiger partial charge in [0.25, 0.3) is 15.9 Å². The van der Waals surface area contributed by atoms with E-state index in [1.807, 2.05) is 45.9 Å². The van der Waals surface area contributed by atoms with E-state index in [-0.39, 0.29) is 46.3 Å². The molecule has 238 valence electrons. The molecule has 0 radical (unpaired) electrons. The van der Waals surface area contributed by atoms with E-state index >= 15 is 0 Å². The first-order chi connectivity index (χ1) is 21.5. The number of aromatic nitrogens is 1. The van der Waals surface area contributed by atoms with Gasteiger partial charge in [0.2, 0.25) is 0 Å². The largest absolute Gasteiger partial charge is 0.490 e. The van der Waals surface area contributed by atoms with Crippen molar-refractivity contribution in [2.75, 3.05) is 31.1 Å². The normalized spacial score (nSPS) is 11.5. The van der Waals surface area contributed by atoms with Crippen molar-refractivity contribution in [2.45, 2.75) is 44.4 Å². The molecule has 0 spiro atoms. The van der Waals surface area contributed by atoms with Gasteiger partial charge in [-0.1, -0.05) is 51.1 Å². The molecule has 3 N–H and O–H groups in total. The summed E-state index contributed by atoms with van der Waals surface area (Å²) in [5, 5.41) is 12.4. The van der Waals surface area contributed by atoms with Crippen LogP contribution in [-0.2, 0) is 21.9 Å². The number of para-hydroxylation sites is 2. The standard InChI is InChI=1S/C34H39N3O7S/c1-5-42-29-11-6-7-12-30(29)44-32-28(37-45(40,41)27-15-13-25(14-16-27)34(2,3)4)22-24(23-31(32)43-21-20-38)33(39)36-19-17-26-10-8-9-18-35-26/h6-16,18,22-23,37-38H,5,17,19-21H2,1-4H3,(H,36,39). The molecule has 0 saturated heterocycles. The van der Waals surface area contributed by atoms with Gasteiger partial charge in [0.1, 0.15) is 6.61 Å². The van der Waals surface area contributed by atoms with Crippen LogP contribution in [0, 0.1) is 0 Å². The van der Waals surface area contributed by atoms with Gasteiger partial charge in [-0.3, -0.25) is 14.5 Å². The monoisotopic (exact) mass is 633 g/mol. The molecule has 0 unspecified atom stereocenters. The maximum Gasteiger partial charge on any atom is 0.262 e. The number of anilines is 1. The summed E-state index contributed by atoms with van der Waals surface area (Å²) in [4.78, 5) is 17.6. The lowest BCUT2D eigenvalue weighted by Gasteiger charge is -2.21. The molecule has 0 saturated carbocycles. The van der Waals surface area contributed by atoms with Crippen LogP contribution in [0.4, 0.5) is 5.69 Å². The molecule has 1 heterocycles. The van der Waals surface area contributed by atoms with E-state index in [1.54, 1.807) is 42.6 Å². The Kier molecular flexibility index (Phi) is 11.0. The molecule has 3 aromatic carbocycles. The minimum Gasteiger partial charge on any atom is -0.490 e. The third kappa shape index (κ3) is 8.96. The van der Waals surface area contributed by atoms with Crippen molar-refractivity contribution in [3.05, 3.63) is 102 Å². The molecule has 45 heavy (non-hydrogen) atoms. The number of ether oxygens (including phenoxy) is 3. The lowest BCUT2D eigenvalue weighted by molar-refractivity contribution is 0.0953. The molecule has 11 heteroatoms. The zero-order valence-electron chi connectivity index (χ0n) is 25.9. The fourth-order valence-electron chi connectivity index (χ4n) is 4.39. The second kappa shape index (κ2) is 14.9. The number of rotatable bonds is 14. The molecule has 0 bridgehead atoms. The second-order valence-electron chi connectivity index (χ2n) is 11.1. The Balaban J connectivity index is 1.75. The first-order valence-corrected chi connectivity index (χ1v) is 16.1. The van der Waals surface area contributed by atoms with E-state index in [0.29, 0.717) is 31.1 Å². The van der Waals surface area contributed by atoms with Gasteiger partial charge in [0.15, 0.2) is 23.0 Å². The Hall–Kier alpha value is -4.61.